The fourth-order valence-corrected chi connectivity index (χ4v) is 3.90. The Morgan fingerprint density at radius 2 is 1.88 bits per heavy atom. The Bertz CT molecular complexity index is 731. The van der Waals surface area contributed by atoms with Crippen LogP contribution in [0.5, 0.6) is 0 Å². The number of amides is 1. The number of nitrogens with one attached hydrogen (secondary N) is 1. The quantitative estimate of drug-likeness (QED) is 0.867. The van der Waals surface area contributed by atoms with E-state index in [1.54, 1.807) is 0 Å². The molecule has 24 heavy (non-hydrogen) atoms. The molecule has 1 saturated heterocycles. The molecular weight excluding hydrogens is 369 g/mol. The van der Waals surface area contributed by atoms with Crippen LogP contribution in [0.1, 0.15) is 25.3 Å². The molecule has 1 heterocycles. The highest BCUT2D eigenvalue weighted by molar-refractivity contribution is 7.89. The maximum Gasteiger partial charge on any atom is 0.417 e. The van der Waals surface area contributed by atoms with Crippen LogP contribution in [-0.2, 0) is 21.0 Å². The van der Waals surface area contributed by atoms with Gasteiger partial charge in [-0.1, -0.05) is 11.6 Å². The Morgan fingerprint density at radius 3 is 2.42 bits per heavy atom. The summed E-state index contributed by atoms with van der Waals surface area (Å²) in [6, 6.07) is 1.22. The lowest BCUT2D eigenvalue weighted by molar-refractivity contribution is -0.137. The number of hydrogen-bond donors (Lipinski definition) is 1. The summed E-state index contributed by atoms with van der Waals surface area (Å²) in [5.41, 5.74) is -1.24. The van der Waals surface area contributed by atoms with Gasteiger partial charge in [0.05, 0.1) is 21.5 Å². The van der Waals surface area contributed by atoms with E-state index in [-0.39, 0.29) is 0 Å². The molecule has 1 atom stereocenters. The van der Waals surface area contributed by atoms with Gasteiger partial charge in [-0.15, -0.1) is 0 Å². The Labute approximate surface area is 142 Å². The van der Waals surface area contributed by atoms with Gasteiger partial charge in [-0.25, -0.2) is 8.42 Å². The minimum atomic E-state index is -4.78. The summed E-state index contributed by atoms with van der Waals surface area (Å²) >= 11 is 5.48. The fraction of sp³-hybridized carbons (Fsp3) is 0.500. The number of alkyl halides is 3. The van der Waals surface area contributed by atoms with E-state index in [0.29, 0.717) is 19.2 Å². The molecule has 0 radical (unpaired) electrons. The SMILES string of the molecule is CC(NS(=O)(=O)c1ccc(Cl)c(C(F)(F)F)c1)C(=O)N1CCCC1. The third-order valence-electron chi connectivity index (χ3n) is 3.67. The summed E-state index contributed by atoms with van der Waals surface area (Å²) in [7, 11) is -4.29. The second-order valence-corrected chi connectivity index (χ2v) is 7.64. The highest BCUT2D eigenvalue weighted by atomic mass is 35.5. The van der Waals surface area contributed by atoms with E-state index in [4.69, 9.17) is 11.6 Å². The molecule has 0 spiro atoms. The van der Waals surface area contributed by atoms with E-state index in [1.165, 1.54) is 11.8 Å². The Balaban J connectivity index is 2.22. The van der Waals surface area contributed by atoms with Crippen LogP contribution < -0.4 is 4.72 Å². The topological polar surface area (TPSA) is 66.5 Å². The summed E-state index contributed by atoms with van der Waals surface area (Å²) in [6.45, 7) is 2.45. The molecule has 2 rings (SSSR count). The Morgan fingerprint density at radius 1 is 1.29 bits per heavy atom. The predicted molar refractivity (Wildman–Crippen MR) is 82.1 cm³/mol. The smallest absolute Gasteiger partial charge is 0.341 e. The van der Waals surface area contributed by atoms with Crippen LogP contribution in [-0.4, -0.2) is 38.4 Å². The lowest BCUT2D eigenvalue weighted by atomic mass is 10.2. The van der Waals surface area contributed by atoms with Crippen LogP contribution in [0, 0.1) is 0 Å². The summed E-state index contributed by atoms with van der Waals surface area (Å²) in [5, 5.41) is -0.595. The second-order valence-electron chi connectivity index (χ2n) is 5.51. The van der Waals surface area contributed by atoms with Crippen molar-refractivity contribution in [3.8, 4) is 0 Å². The summed E-state index contributed by atoms with van der Waals surface area (Å²) in [5.74, 6) is -0.402. The molecule has 0 saturated carbocycles. The van der Waals surface area contributed by atoms with Gasteiger partial charge in [-0.2, -0.15) is 17.9 Å². The van der Waals surface area contributed by atoms with Crippen molar-refractivity contribution in [2.24, 2.45) is 0 Å². The first-order valence-corrected chi connectivity index (χ1v) is 9.06. The Hall–Kier alpha value is -1.32. The molecule has 10 heteroatoms. The van der Waals surface area contributed by atoms with Crippen LogP contribution in [0.4, 0.5) is 13.2 Å². The summed E-state index contributed by atoms with van der Waals surface area (Å²) in [4.78, 5) is 13.1. The average molecular weight is 385 g/mol. The molecule has 0 aliphatic carbocycles. The molecule has 1 unspecified atom stereocenters. The Kier molecular flexibility index (Phi) is 5.46. The number of likely N-dealkylation sites (tertiary alicyclic amines) is 1. The third kappa shape index (κ3) is 4.20. The van der Waals surface area contributed by atoms with E-state index in [9.17, 15) is 26.4 Å². The molecule has 1 aliphatic rings. The van der Waals surface area contributed by atoms with Gasteiger partial charge in [0.15, 0.2) is 0 Å². The highest BCUT2D eigenvalue weighted by Crippen LogP contribution is 2.35. The molecular formula is C14H16ClF3N2O3S. The first-order chi connectivity index (χ1) is 11.0. The standard InChI is InChI=1S/C14H16ClF3N2O3S/c1-9(13(21)20-6-2-3-7-20)19-24(22,23)10-4-5-12(15)11(8-10)14(16,17)18/h4-5,8-9,19H,2-3,6-7H2,1H3. The number of nitrogens with zero attached hydrogens (tertiary/aromatic N) is 1. The average Bonchev–Trinajstić information content (AvgIpc) is 2.99. The number of rotatable bonds is 4. The number of carbonyl (C=O) groups excluding carboxylic acids is 1. The molecule has 134 valence electrons. The molecule has 1 aromatic carbocycles. The molecule has 1 aromatic rings. The van der Waals surface area contributed by atoms with Gasteiger partial charge in [0.25, 0.3) is 0 Å². The van der Waals surface area contributed by atoms with Crippen LogP contribution in [0.25, 0.3) is 0 Å². The first-order valence-electron chi connectivity index (χ1n) is 7.20. The van der Waals surface area contributed by atoms with E-state index in [0.717, 1.165) is 25.0 Å². The van der Waals surface area contributed by atoms with Gasteiger partial charge in [0.2, 0.25) is 15.9 Å². The van der Waals surface area contributed by atoms with Crippen molar-refractivity contribution in [3.05, 3.63) is 28.8 Å². The summed E-state index contributed by atoms with van der Waals surface area (Å²) < 4.78 is 65.2. The molecule has 1 aliphatic heterocycles. The lowest BCUT2D eigenvalue weighted by Gasteiger charge is -2.21. The van der Waals surface area contributed by atoms with Crippen molar-refractivity contribution in [1.29, 1.82) is 0 Å². The van der Waals surface area contributed by atoms with Gasteiger partial charge in [0, 0.05) is 13.1 Å². The van der Waals surface area contributed by atoms with E-state index in [1.807, 2.05) is 0 Å². The zero-order valence-corrected chi connectivity index (χ0v) is 14.3. The number of hydrogen-bond acceptors (Lipinski definition) is 3. The maximum absolute atomic E-state index is 12.9. The van der Waals surface area contributed by atoms with E-state index in [2.05, 4.69) is 4.72 Å². The van der Waals surface area contributed by atoms with Crippen molar-refractivity contribution in [2.45, 2.75) is 36.9 Å². The maximum atomic E-state index is 12.9. The number of carbonyl (C=O) groups is 1. The fourth-order valence-electron chi connectivity index (χ4n) is 2.45. The van der Waals surface area contributed by atoms with Crippen molar-refractivity contribution in [1.82, 2.24) is 9.62 Å². The molecule has 0 aromatic heterocycles. The molecule has 0 bridgehead atoms. The second kappa shape index (κ2) is 6.89. The normalized spacial score (nSPS) is 17.1. The number of halogens is 4. The minimum Gasteiger partial charge on any atom is -0.341 e. The predicted octanol–water partition coefficient (Wildman–Crippen LogP) is 2.65. The van der Waals surface area contributed by atoms with Gasteiger partial charge < -0.3 is 4.90 Å². The minimum absolute atomic E-state index is 0.402. The molecule has 1 amide bonds. The number of benzene rings is 1. The zero-order valence-electron chi connectivity index (χ0n) is 12.7. The van der Waals surface area contributed by atoms with Crippen LogP contribution in [0.3, 0.4) is 0 Å². The molecule has 1 fully saturated rings. The van der Waals surface area contributed by atoms with Crippen LogP contribution in [0.2, 0.25) is 5.02 Å². The highest BCUT2D eigenvalue weighted by Gasteiger charge is 2.35. The van der Waals surface area contributed by atoms with E-state index >= 15 is 0 Å². The van der Waals surface area contributed by atoms with Crippen molar-refractivity contribution >= 4 is 27.5 Å². The van der Waals surface area contributed by atoms with Gasteiger partial charge in [-0.05, 0) is 38.0 Å². The van der Waals surface area contributed by atoms with Gasteiger partial charge in [0.1, 0.15) is 0 Å². The first kappa shape index (κ1) is 19.0. The monoisotopic (exact) mass is 384 g/mol. The zero-order chi connectivity index (χ0) is 18.1. The largest absolute Gasteiger partial charge is 0.417 e. The van der Waals surface area contributed by atoms with Crippen molar-refractivity contribution in [3.63, 3.8) is 0 Å². The van der Waals surface area contributed by atoms with Gasteiger partial charge in [-0.3, -0.25) is 4.79 Å². The van der Waals surface area contributed by atoms with Crippen molar-refractivity contribution in [2.75, 3.05) is 13.1 Å². The number of sulfonamides is 1. The van der Waals surface area contributed by atoms with Crippen LogP contribution in [0.15, 0.2) is 23.1 Å². The van der Waals surface area contributed by atoms with Gasteiger partial charge >= 0.3 is 6.18 Å². The van der Waals surface area contributed by atoms with Crippen molar-refractivity contribution < 1.29 is 26.4 Å². The van der Waals surface area contributed by atoms with Crippen LogP contribution >= 0.6 is 11.6 Å². The lowest BCUT2D eigenvalue weighted by Crippen LogP contribution is -2.45. The molecule has 1 N–H and O–H groups in total. The third-order valence-corrected chi connectivity index (χ3v) is 5.54. The molecule has 5 nitrogen and oxygen atoms in total. The van der Waals surface area contributed by atoms with E-state index < -0.39 is 43.6 Å². The summed E-state index contributed by atoms with van der Waals surface area (Å²) in [6.07, 6.45) is -3.09.